The number of hydrogen-bond donors (Lipinski definition) is 2. The largest absolute Gasteiger partial charge is 0.347 e. The first-order valence-electron chi connectivity index (χ1n) is 6.40. The topological polar surface area (TPSA) is 40.7 Å². The molecular weight excluding hydrogens is 222 g/mol. The van der Waals surface area contributed by atoms with Crippen LogP contribution in [0.2, 0.25) is 0 Å². The van der Waals surface area contributed by atoms with E-state index < -0.39 is 0 Å². The fourth-order valence-corrected chi connectivity index (χ4v) is 2.28. The maximum atomic E-state index is 4.28. The van der Waals surface area contributed by atoms with Gasteiger partial charge in [-0.1, -0.05) is 23.8 Å². The fourth-order valence-electron chi connectivity index (χ4n) is 2.28. The van der Waals surface area contributed by atoms with Crippen molar-refractivity contribution in [3.63, 3.8) is 0 Å². The third-order valence-corrected chi connectivity index (χ3v) is 3.33. The van der Waals surface area contributed by atoms with E-state index in [4.69, 9.17) is 0 Å². The average molecular weight is 243 g/mol. The molecule has 3 heteroatoms. The summed E-state index contributed by atoms with van der Waals surface area (Å²) < 4.78 is 0. The number of aromatic nitrogens is 2. The van der Waals surface area contributed by atoms with Crippen LogP contribution in [0.25, 0.3) is 0 Å². The van der Waals surface area contributed by atoms with Crippen LogP contribution in [-0.4, -0.2) is 9.97 Å². The predicted molar refractivity (Wildman–Crippen MR) is 74.5 cm³/mol. The Labute approximate surface area is 109 Å². The number of nitrogens with zero attached hydrogens (tertiary/aromatic N) is 1. The molecule has 2 N–H and O–H groups in total. The molecule has 1 aromatic carbocycles. The van der Waals surface area contributed by atoms with Gasteiger partial charge in [-0.05, 0) is 38.8 Å². The number of aryl methyl sites for hydroxylation is 2. The van der Waals surface area contributed by atoms with Gasteiger partial charge in [0.15, 0.2) is 0 Å². The van der Waals surface area contributed by atoms with E-state index in [0.717, 1.165) is 5.82 Å². The summed E-state index contributed by atoms with van der Waals surface area (Å²) in [7, 11) is 0. The summed E-state index contributed by atoms with van der Waals surface area (Å²) >= 11 is 0. The predicted octanol–water partition coefficient (Wildman–Crippen LogP) is 3.44. The summed E-state index contributed by atoms with van der Waals surface area (Å²) in [5, 5.41) is 3.57. The summed E-state index contributed by atoms with van der Waals surface area (Å²) in [6, 6.07) is 7.11. The second-order valence-electron chi connectivity index (χ2n) is 4.94. The van der Waals surface area contributed by atoms with Crippen molar-refractivity contribution in [2.75, 3.05) is 0 Å². The van der Waals surface area contributed by atoms with Gasteiger partial charge in [0, 0.05) is 18.4 Å². The molecule has 0 aliphatic heterocycles. The van der Waals surface area contributed by atoms with Crippen molar-refractivity contribution in [2.45, 2.75) is 39.8 Å². The van der Waals surface area contributed by atoms with Crippen LogP contribution in [0.3, 0.4) is 0 Å². The summed E-state index contributed by atoms with van der Waals surface area (Å²) in [6.07, 6.45) is 3.65. The highest BCUT2D eigenvalue weighted by atomic mass is 15.0. The molecule has 0 amide bonds. The van der Waals surface area contributed by atoms with E-state index in [0.29, 0.717) is 6.04 Å². The van der Waals surface area contributed by atoms with Gasteiger partial charge in [0.1, 0.15) is 5.82 Å². The summed E-state index contributed by atoms with van der Waals surface area (Å²) in [5.41, 5.74) is 3.98. The molecule has 0 radical (unpaired) electrons. The van der Waals surface area contributed by atoms with Gasteiger partial charge < -0.3 is 10.3 Å². The molecule has 2 atom stereocenters. The highest BCUT2D eigenvalue weighted by molar-refractivity contribution is 5.32. The monoisotopic (exact) mass is 243 g/mol. The van der Waals surface area contributed by atoms with Gasteiger partial charge >= 0.3 is 0 Å². The minimum Gasteiger partial charge on any atom is -0.347 e. The maximum Gasteiger partial charge on any atom is 0.122 e. The number of H-pyrrole nitrogens is 1. The van der Waals surface area contributed by atoms with Gasteiger partial charge in [-0.3, -0.25) is 0 Å². The fraction of sp³-hybridized carbons (Fsp3) is 0.400. The smallest absolute Gasteiger partial charge is 0.122 e. The van der Waals surface area contributed by atoms with Gasteiger partial charge in [0.25, 0.3) is 0 Å². The molecule has 0 fully saturated rings. The minimum atomic E-state index is 0.218. The Hall–Kier alpha value is -1.61. The highest BCUT2D eigenvalue weighted by Crippen LogP contribution is 2.21. The molecule has 0 spiro atoms. The van der Waals surface area contributed by atoms with Crippen LogP contribution < -0.4 is 5.32 Å². The molecule has 2 unspecified atom stereocenters. The molecule has 0 saturated heterocycles. The van der Waals surface area contributed by atoms with Gasteiger partial charge in [-0.2, -0.15) is 0 Å². The Morgan fingerprint density at radius 3 is 2.61 bits per heavy atom. The Morgan fingerprint density at radius 1 is 1.17 bits per heavy atom. The standard InChI is InChI=1S/C15H21N3/c1-10-5-6-11(2)14(9-10)12(3)18-13(4)15-16-7-8-17-15/h5-9,12-13,18H,1-4H3,(H,16,17). The van der Waals surface area contributed by atoms with E-state index in [1.807, 2.05) is 6.20 Å². The van der Waals surface area contributed by atoms with E-state index in [-0.39, 0.29) is 6.04 Å². The van der Waals surface area contributed by atoms with Crippen LogP contribution in [-0.2, 0) is 0 Å². The normalized spacial score (nSPS) is 14.4. The summed E-state index contributed by atoms with van der Waals surface area (Å²) in [5.74, 6) is 0.979. The zero-order valence-electron chi connectivity index (χ0n) is 11.5. The molecule has 0 bridgehead atoms. The molecule has 0 aliphatic rings. The Morgan fingerprint density at radius 2 is 1.94 bits per heavy atom. The van der Waals surface area contributed by atoms with Crippen molar-refractivity contribution < 1.29 is 0 Å². The van der Waals surface area contributed by atoms with Crippen LogP contribution in [0.15, 0.2) is 30.6 Å². The number of hydrogen-bond acceptors (Lipinski definition) is 2. The van der Waals surface area contributed by atoms with Crippen LogP contribution in [0.5, 0.6) is 0 Å². The lowest BCUT2D eigenvalue weighted by atomic mass is 9.99. The molecule has 1 heterocycles. The lowest BCUT2D eigenvalue weighted by molar-refractivity contribution is 0.478. The molecular formula is C15H21N3. The summed E-state index contributed by atoms with van der Waals surface area (Å²) in [4.78, 5) is 7.43. The lowest BCUT2D eigenvalue weighted by Crippen LogP contribution is -2.24. The quantitative estimate of drug-likeness (QED) is 0.863. The Kier molecular flexibility index (Phi) is 3.82. The molecule has 0 aliphatic carbocycles. The Balaban J connectivity index is 2.12. The molecule has 96 valence electrons. The zero-order chi connectivity index (χ0) is 13.1. The van der Waals surface area contributed by atoms with E-state index in [1.54, 1.807) is 6.20 Å². The zero-order valence-corrected chi connectivity index (χ0v) is 11.5. The minimum absolute atomic E-state index is 0.218. The van der Waals surface area contributed by atoms with E-state index in [2.05, 4.69) is 61.2 Å². The van der Waals surface area contributed by atoms with Gasteiger partial charge in [0.2, 0.25) is 0 Å². The second kappa shape index (κ2) is 5.36. The van der Waals surface area contributed by atoms with E-state index >= 15 is 0 Å². The third kappa shape index (κ3) is 2.79. The first-order valence-corrected chi connectivity index (χ1v) is 6.40. The number of benzene rings is 1. The van der Waals surface area contributed by atoms with Gasteiger partial charge in [-0.25, -0.2) is 4.98 Å². The highest BCUT2D eigenvalue weighted by Gasteiger charge is 2.14. The average Bonchev–Trinajstić information content (AvgIpc) is 2.85. The van der Waals surface area contributed by atoms with Crippen molar-refractivity contribution in [1.29, 1.82) is 0 Å². The molecule has 3 nitrogen and oxygen atoms in total. The van der Waals surface area contributed by atoms with Gasteiger partial charge in [-0.15, -0.1) is 0 Å². The van der Waals surface area contributed by atoms with Crippen molar-refractivity contribution >= 4 is 0 Å². The van der Waals surface area contributed by atoms with E-state index in [9.17, 15) is 0 Å². The molecule has 18 heavy (non-hydrogen) atoms. The van der Waals surface area contributed by atoms with Crippen molar-refractivity contribution in [3.05, 3.63) is 53.1 Å². The van der Waals surface area contributed by atoms with Crippen molar-refractivity contribution in [1.82, 2.24) is 15.3 Å². The molecule has 2 aromatic rings. The summed E-state index contributed by atoms with van der Waals surface area (Å²) in [6.45, 7) is 8.61. The number of nitrogens with one attached hydrogen (secondary N) is 2. The number of aromatic amines is 1. The Bertz CT molecular complexity index is 502. The third-order valence-electron chi connectivity index (χ3n) is 3.33. The first kappa shape index (κ1) is 12.8. The molecule has 1 aromatic heterocycles. The maximum absolute atomic E-state index is 4.28. The number of imidazole rings is 1. The van der Waals surface area contributed by atoms with Crippen LogP contribution in [0.1, 0.15) is 48.4 Å². The van der Waals surface area contributed by atoms with Crippen LogP contribution in [0, 0.1) is 13.8 Å². The second-order valence-corrected chi connectivity index (χ2v) is 4.94. The molecule has 2 rings (SSSR count). The molecule has 0 saturated carbocycles. The SMILES string of the molecule is Cc1ccc(C)c(C(C)NC(C)c2ncc[nH]2)c1. The lowest BCUT2D eigenvalue weighted by Gasteiger charge is -2.21. The first-order chi connectivity index (χ1) is 8.58. The number of rotatable bonds is 4. The van der Waals surface area contributed by atoms with Crippen LogP contribution in [0.4, 0.5) is 0 Å². The van der Waals surface area contributed by atoms with Crippen molar-refractivity contribution in [3.8, 4) is 0 Å². The van der Waals surface area contributed by atoms with Gasteiger partial charge in [0.05, 0.1) is 6.04 Å². The van der Waals surface area contributed by atoms with Crippen molar-refractivity contribution in [2.24, 2.45) is 0 Å². The van der Waals surface area contributed by atoms with E-state index in [1.165, 1.54) is 16.7 Å². The van der Waals surface area contributed by atoms with Crippen LogP contribution >= 0.6 is 0 Å².